The summed E-state index contributed by atoms with van der Waals surface area (Å²) in [6.45, 7) is 0.297. The van der Waals surface area contributed by atoms with Gasteiger partial charge in [-0.25, -0.2) is 9.18 Å². The molecule has 0 atom stereocenters. The van der Waals surface area contributed by atoms with Crippen LogP contribution in [0.1, 0.15) is 5.56 Å². The highest BCUT2D eigenvalue weighted by atomic mass is 19.1. The SMILES string of the molecule is Cn1c(N)c(NCc2ccc(F)cc2)c(=O)[nH]c1=O. The van der Waals surface area contributed by atoms with Crippen molar-refractivity contribution in [1.82, 2.24) is 9.55 Å². The molecule has 1 aromatic carbocycles. The lowest BCUT2D eigenvalue weighted by molar-refractivity contribution is 0.627. The van der Waals surface area contributed by atoms with E-state index < -0.39 is 11.2 Å². The first kappa shape index (κ1) is 12.9. The first-order valence-corrected chi connectivity index (χ1v) is 5.56. The van der Waals surface area contributed by atoms with Gasteiger partial charge in [-0.1, -0.05) is 12.1 Å². The third-order valence-corrected chi connectivity index (χ3v) is 2.75. The average Bonchev–Trinajstić information content (AvgIpc) is 2.38. The maximum Gasteiger partial charge on any atom is 0.329 e. The van der Waals surface area contributed by atoms with E-state index in [2.05, 4.69) is 10.3 Å². The van der Waals surface area contributed by atoms with Crippen LogP contribution in [0.25, 0.3) is 0 Å². The highest BCUT2D eigenvalue weighted by Crippen LogP contribution is 2.11. The van der Waals surface area contributed by atoms with Gasteiger partial charge in [0.25, 0.3) is 5.56 Å². The predicted molar refractivity (Wildman–Crippen MR) is 70.4 cm³/mol. The lowest BCUT2D eigenvalue weighted by atomic mass is 10.2. The smallest absolute Gasteiger partial charge is 0.329 e. The van der Waals surface area contributed by atoms with Crippen molar-refractivity contribution in [2.24, 2.45) is 7.05 Å². The van der Waals surface area contributed by atoms with E-state index in [0.717, 1.165) is 10.1 Å². The topological polar surface area (TPSA) is 92.9 Å². The molecular formula is C12H13FN4O2. The molecule has 0 saturated carbocycles. The Balaban J connectivity index is 2.25. The highest BCUT2D eigenvalue weighted by molar-refractivity contribution is 5.60. The average molecular weight is 264 g/mol. The summed E-state index contributed by atoms with van der Waals surface area (Å²) in [5, 5.41) is 2.83. The molecule has 0 bridgehead atoms. The third kappa shape index (κ3) is 2.65. The Morgan fingerprint density at radius 1 is 1.32 bits per heavy atom. The molecule has 1 heterocycles. The number of nitrogen functional groups attached to an aromatic ring is 1. The second kappa shape index (κ2) is 4.97. The van der Waals surface area contributed by atoms with Crippen molar-refractivity contribution < 1.29 is 4.39 Å². The molecule has 1 aromatic heterocycles. The summed E-state index contributed by atoms with van der Waals surface area (Å²) >= 11 is 0. The van der Waals surface area contributed by atoms with Crippen molar-refractivity contribution in [2.45, 2.75) is 6.54 Å². The number of nitrogens with zero attached hydrogens (tertiary/aromatic N) is 1. The number of nitrogens with two attached hydrogens (primary N) is 1. The molecule has 0 aliphatic carbocycles. The fourth-order valence-electron chi connectivity index (χ4n) is 1.60. The number of hydrogen-bond donors (Lipinski definition) is 3. The van der Waals surface area contributed by atoms with Crippen LogP contribution in [0.3, 0.4) is 0 Å². The van der Waals surface area contributed by atoms with E-state index in [1.54, 1.807) is 12.1 Å². The first-order valence-electron chi connectivity index (χ1n) is 5.56. The zero-order valence-electron chi connectivity index (χ0n) is 10.2. The summed E-state index contributed by atoms with van der Waals surface area (Å²) < 4.78 is 13.9. The van der Waals surface area contributed by atoms with E-state index in [9.17, 15) is 14.0 Å². The lowest BCUT2D eigenvalue weighted by Crippen LogP contribution is -2.32. The fraction of sp³-hybridized carbons (Fsp3) is 0.167. The number of halogens is 1. The summed E-state index contributed by atoms with van der Waals surface area (Å²) in [5.74, 6) is -0.279. The molecule has 0 unspecified atom stereocenters. The Labute approximate surface area is 107 Å². The number of anilines is 2. The van der Waals surface area contributed by atoms with Gasteiger partial charge in [0.2, 0.25) is 0 Å². The van der Waals surface area contributed by atoms with Crippen LogP contribution >= 0.6 is 0 Å². The molecule has 0 aliphatic rings. The van der Waals surface area contributed by atoms with Crippen molar-refractivity contribution in [2.75, 3.05) is 11.1 Å². The van der Waals surface area contributed by atoms with Crippen molar-refractivity contribution in [3.63, 3.8) is 0 Å². The van der Waals surface area contributed by atoms with Crippen LogP contribution in [0.5, 0.6) is 0 Å². The van der Waals surface area contributed by atoms with Gasteiger partial charge in [0.1, 0.15) is 17.3 Å². The molecule has 0 radical (unpaired) electrons. The summed E-state index contributed by atoms with van der Waals surface area (Å²) in [5.41, 5.74) is 5.44. The largest absolute Gasteiger partial charge is 0.383 e. The number of aromatic amines is 1. The number of aromatic nitrogens is 2. The van der Waals surface area contributed by atoms with Crippen molar-refractivity contribution in [3.05, 3.63) is 56.5 Å². The summed E-state index contributed by atoms with van der Waals surface area (Å²) in [4.78, 5) is 25.0. The van der Waals surface area contributed by atoms with Gasteiger partial charge < -0.3 is 11.1 Å². The first-order chi connectivity index (χ1) is 8.99. The number of benzene rings is 1. The standard InChI is InChI=1S/C12H13FN4O2/c1-17-10(14)9(11(18)16-12(17)19)15-6-7-2-4-8(13)5-3-7/h2-5,15H,6,14H2,1H3,(H,16,18,19). The molecule has 100 valence electrons. The summed E-state index contributed by atoms with van der Waals surface area (Å²) in [6, 6.07) is 5.83. The minimum absolute atomic E-state index is 0.0517. The maximum atomic E-state index is 12.7. The molecule has 19 heavy (non-hydrogen) atoms. The Hall–Kier alpha value is -2.57. The zero-order chi connectivity index (χ0) is 14.0. The van der Waals surface area contributed by atoms with Crippen LogP contribution in [0.2, 0.25) is 0 Å². The van der Waals surface area contributed by atoms with Crippen LogP contribution in [0, 0.1) is 5.82 Å². The minimum atomic E-state index is -0.581. The zero-order valence-corrected chi connectivity index (χ0v) is 10.2. The number of hydrogen-bond acceptors (Lipinski definition) is 4. The number of H-pyrrole nitrogens is 1. The molecule has 0 fully saturated rings. The van der Waals surface area contributed by atoms with Crippen LogP contribution in [-0.4, -0.2) is 9.55 Å². The molecule has 6 nitrogen and oxygen atoms in total. The second-order valence-electron chi connectivity index (χ2n) is 4.06. The van der Waals surface area contributed by atoms with Crippen LogP contribution < -0.4 is 22.3 Å². The van der Waals surface area contributed by atoms with Gasteiger partial charge in [-0.05, 0) is 17.7 Å². The fourth-order valence-corrected chi connectivity index (χ4v) is 1.60. The van der Waals surface area contributed by atoms with E-state index in [4.69, 9.17) is 5.73 Å². The Bertz CT molecular complexity index is 703. The Morgan fingerprint density at radius 3 is 2.58 bits per heavy atom. The van der Waals surface area contributed by atoms with Gasteiger partial charge in [0, 0.05) is 13.6 Å². The van der Waals surface area contributed by atoms with Gasteiger partial charge in [-0.2, -0.15) is 0 Å². The molecule has 0 aliphatic heterocycles. The number of rotatable bonds is 3. The van der Waals surface area contributed by atoms with E-state index >= 15 is 0 Å². The van der Waals surface area contributed by atoms with Gasteiger partial charge in [0.05, 0.1) is 0 Å². The van der Waals surface area contributed by atoms with E-state index in [-0.39, 0.29) is 17.3 Å². The van der Waals surface area contributed by atoms with Gasteiger partial charge >= 0.3 is 5.69 Å². The summed E-state index contributed by atoms with van der Waals surface area (Å²) in [6.07, 6.45) is 0. The third-order valence-electron chi connectivity index (χ3n) is 2.75. The van der Waals surface area contributed by atoms with Crippen molar-refractivity contribution in [1.29, 1.82) is 0 Å². The molecule has 2 rings (SSSR count). The molecular weight excluding hydrogens is 251 g/mol. The van der Waals surface area contributed by atoms with Gasteiger partial charge in [-0.3, -0.25) is 14.3 Å². The lowest BCUT2D eigenvalue weighted by Gasteiger charge is -2.10. The molecule has 7 heteroatoms. The molecule has 0 saturated heterocycles. The maximum absolute atomic E-state index is 12.7. The normalized spacial score (nSPS) is 10.4. The second-order valence-corrected chi connectivity index (χ2v) is 4.06. The Kier molecular flexibility index (Phi) is 3.37. The monoisotopic (exact) mass is 264 g/mol. The quantitative estimate of drug-likeness (QED) is 0.748. The van der Waals surface area contributed by atoms with Crippen molar-refractivity contribution >= 4 is 11.5 Å². The van der Waals surface area contributed by atoms with Gasteiger partial charge in [-0.15, -0.1) is 0 Å². The number of nitrogens with one attached hydrogen (secondary N) is 2. The molecule has 4 N–H and O–H groups in total. The van der Waals surface area contributed by atoms with Crippen LogP contribution in [0.15, 0.2) is 33.9 Å². The van der Waals surface area contributed by atoms with E-state index in [1.165, 1.54) is 19.2 Å². The van der Waals surface area contributed by atoms with Crippen molar-refractivity contribution in [3.8, 4) is 0 Å². The van der Waals surface area contributed by atoms with Crippen LogP contribution in [0.4, 0.5) is 15.9 Å². The van der Waals surface area contributed by atoms with E-state index in [1.807, 2.05) is 0 Å². The van der Waals surface area contributed by atoms with E-state index in [0.29, 0.717) is 6.54 Å². The minimum Gasteiger partial charge on any atom is -0.383 e. The predicted octanol–water partition coefficient (Wildman–Crippen LogP) is 0.407. The van der Waals surface area contributed by atoms with Gasteiger partial charge in [0.15, 0.2) is 0 Å². The van der Waals surface area contributed by atoms with Crippen LogP contribution in [-0.2, 0) is 13.6 Å². The Morgan fingerprint density at radius 2 is 1.95 bits per heavy atom. The summed E-state index contributed by atoms with van der Waals surface area (Å²) in [7, 11) is 1.46. The molecule has 0 amide bonds. The molecule has 0 spiro atoms. The highest BCUT2D eigenvalue weighted by Gasteiger charge is 2.09. The molecule has 2 aromatic rings.